The minimum Gasteiger partial charge on any atom is -0.462 e. The van der Waals surface area contributed by atoms with Crippen molar-refractivity contribution in [1.29, 1.82) is 0 Å². The van der Waals surface area contributed by atoms with Gasteiger partial charge in [-0.3, -0.25) is 24.7 Å². The molecule has 1 aliphatic heterocycles. The molecule has 2 amide bonds. The summed E-state index contributed by atoms with van der Waals surface area (Å²) in [6.45, 7) is 4.44. The quantitative estimate of drug-likeness (QED) is 0.249. The highest BCUT2D eigenvalue weighted by Crippen LogP contribution is 2.23. The first-order valence-electron chi connectivity index (χ1n) is 13.8. The summed E-state index contributed by atoms with van der Waals surface area (Å²) < 4.78 is 34.4. The van der Waals surface area contributed by atoms with E-state index in [9.17, 15) is 22.8 Å². The van der Waals surface area contributed by atoms with Crippen LogP contribution in [0, 0.1) is 0 Å². The van der Waals surface area contributed by atoms with E-state index in [-0.39, 0.29) is 23.8 Å². The molecule has 222 valence electrons. The summed E-state index contributed by atoms with van der Waals surface area (Å²) in [6, 6.07) is 17.2. The number of guanidine groups is 1. The summed E-state index contributed by atoms with van der Waals surface area (Å²) >= 11 is 0. The van der Waals surface area contributed by atoms with Gasteiger partial charge in [-0.25, -0.2) is 8.42 Å². The Labute approximate surface area is 245 Å². The number of carbonyl (C=O) groups excluding carboxylic acids is 3. The van der Waals surface area contributed by atoms with E-state index in [0.29, 0.717) is 29.9 Å². The number of carbonyl (C=O) groups is 3. The minimum atomic E-state index is -4.15. The van der Waals surface area contributed by atoms with E-state index in [0.717, 1.165) is 23.9 Å². The van der Waals surface area contributed by atoms with E-state index in [1.54, 1.807) is 74.5 Å². The van der Waals surface area contributed by atoms with E-state index in [2.05, 4.69) is 25.7 Å². The molecule has 0 aromatic heterocycles. The first-order valence-corrected chi connectivity index (χ1v) is 15.3. The van der Waals surface area contributed by atoms with Crippen molar-refractivity contribution in [2.24, 2.45) is 4.99 Å². The van der Waals surface area contributed by atoms with Gasteiger partial charge in [-0.1, -0.05) is 48.5 Å². The summed E-state index contributed by atoms with van der Waals surface area (Å²) in [5.74, 6) is -0.965. The standard InChI is InChI=1S/C30H35N5O6S/c1-20(2)41-29(38)25(35-42(39,40)26-10-5-8-22-7-3-4-9-24(22)26)19-33-28(37)23-14-11-21(12-15-23)13-16-27(36)34-30-31-17-6-18-32-30/h3-5,7-12,14-15,20,25,35H,6,13,16-19H2,1-2H3,(H,33,37)(H2,31,32,34,36). The smallest absolute Gasteiger partial charge is 0.326 e. The third kappa shape index (κ3) is 8.37. The number of rotatable bonds is 11. The molecule has 4 N–H and O–H groups in total. The monoisotopic (exact) mass is 593 g/mol. The van der Waals surface area contributed by atoms with Crippen molar-refractivity contribution in [3.8, 4) is 0 Å². The maximum Gasteiger partial charge on any atom is 0.326 e. The van der Waals surface area contributed by atoms with Gasteiger partial charge >= 0.3 is 5.97 Å². The zero-order valence-electron chi connectivity index (χ0n) is 23.6. The number of hydrogen-bond acceptors (Lipinski definition) is 8. The molecule has 1 heterocycles. The van der Waals surface area contributed by atoms with Gasteiger partial charge in [0, 0.05) is 37.0 Å². The van der Waals surface area contributed by atoms with Crippen LogP contribution in [0.4, 0.5) is 0 Å². The van der Waals surface area contributed by atoms with Gasteiger partial charge in [-0.15, -0.1) is 0 Å². The number of amides is 2. The van der Waals surface area contributed by atoms with E-state index < -0.39 is 34.0 Å². The summed E-state index contributed by atoms with van der Waals surface area (Å²) in [6.07, 6.45) is 1.17. The van der Waals surface area contributed by atoms with Crippen LogP contribution < -0.4 is 20.7 Å². The molecule has 1 aliphatic rings. The van der Waals surface area contributed by atoms with Crippen molar-refractivity contribution in [3.63, 3.8) is 0 Å². The van der Waals surface area contributed by atoms with Crippen molar-refractivity contribution in [1.82, 2.24) is 20.7 Å². The maximum absolute atomic E-state index is 13.4. The average molecular weight is 594 g/mol. The highest BCUT2D eigenvalue weighted by atomic mass is 32.2. The van der Waals surface area contributed by atoms with Crippen molar-refractivity contribution < 1.29 is 27.5 Å². The zero-order chi connectivity index (χ0) is 30.1. The van der Waals surface area contributed by atoms with Gasteiger partial charge in [0.05, 0.1) is 11.0 Å². The van der Waals surface area contributed by atoms with Gasteiger partial charge in [0.15, 0.2) is 5.96 Å². The van der Waals surface area contributed by atoms with Crippen LogP contribution in [0.15, 0.2) is 76.6 Å². The van der Waals surface area contributed by atoms with E-state index in [4.69, 9.17) is 4.74 Å². The van der Waals surface area contributed by atoms with Crippen molar-refractivity contribution in [3.05, 3.63) is 77.9 Å². The van der Waals surface area contributed by atoms with Crippen LogP contribution in [-0.2, 0) is 30.8 Å². The lowest BCUT2D eigenvalue weighted by molar-refractivity contribution is -0.149. The second-order valence-corrected chi connectivity index (χ2v) is 11.8. The fraction of sp³-hybridized carbons (Fsp3) is 0.333. The first-order chi connectivity index (χ1) is 20.1. The number of nitrogens with zero attached hydrogens (tertiary/aromatic N) is 1. The molecule has 0 aliphatic carbocycles. The number of hydrogen-bond donors (Lipinski definition) is 4. The SMILES string of the molecule is CC(C)OC(=O)C(CNC(=O)c1ccc(CCC(=O)NC2=NCCCN2)cc1)NS(=O)(=O)c1cccc2ccccc12. The van der Waals surface area contributed by atoms with Crippen LogP contribution in [0.2, 0.25) is 0 Å². The molecule has 12 heteroatoms. The summed E-state index contributed by atoms with van der Waals surface area (Å²) in [4.78, 5) is 42.1. The van der Waals surface area contributed by atoms with Crippen molar-refractivity contribution in [2.45, 2.75) is 50.2 Å². The van der Waals surface area contributed by atoms with Gasteiger partial charge < -0.3 is 15.4 Å². The number of fused-ring (bicyclic) bond motifs is 1. The number of aryl methyl sites for hydroxylation is 1. The molecule has 0 spiro atoms. The minimum absolute atomic E-state index is 0.0153. The molecule has 4 rings (SSSR count). The molecule has 1 unspecified atom stereocenters. The Morgan fingerprint density at radius 2 is 1.74 bits per heavy atom. The first kappa shape index (κ1) is 30.7. The molecule has 0 bridgehead atoms. The zero-order valence-corrected chi connectivity index (χ0v) is 24.4. The Balaban J connectivity index is 1.38. The summed E-state index contributed by atoms with van der Waals surface area (Å²) in [5.41, 5.74) is 1.18. The van der Waals surface area contributed by atoms with Crippen LogP contribution in [0.5, 0.6) is 0 Å². The molecule has 3 aromatic carbocycles. The maximum atomic E-state index is 13.4. The molecule has 0 radical (unpaired) electrons. The van der Waals surface area contributed by atoms with Gasteiger partial charge in [-0.2, -0.15) is 4.72 Å². The molecule has 42 heavy (non-hydrogen) atoms. The molecule has 3 aromatic rings. The van der Waals surface area contributed by atoms with Crippen LogP contribution in [0.3, 0.4) is 0 Å². The summed E-state index contributed by atoms with van der Waals surface area (Å²) in [5, 5.41) is 9.65. The van der Waals surface area contributed by atoms with E-state index in [1.165, 1.54) is 6.07 Å². The van der Waals surface area contributed by atoms with Crippen LogP contribution in [0.1, 0.15) is 42.6 Å². The van der Waals surface area contributed by atoms with Crippen molar-refractivity contribution >= 4 is 44.5 Å². The predicted molar refractivity (Wildman–Crippen MR) is 159 cm³/mol. The molecule has 0 saturated heterocycles. The number of esters is 1. The lowest BCUT2D eigenvalue weighted by Crippen LogP contribution is -2.49. The highest BCUT2D eigenvalue weighted by Gasteiger charge is 2.29. The lowest BCUT2D eigenvalue weighted by Gasteiger charge is -2.20. The third-order valence-corrected chi connectivity index (χ3v) is 7.98. The van der Waals surface area contributed by atoms with Crippen LogP contribution in [-0.4, -0.2) is 63.9 Å². The lowest BCUT2D eigenvalue weighted by atomic mass is 10.1. The van der Waals surface area contributed by atoms with Gasteiger partial charge in [0.25, 0.3) is 5.91 Å². The average Bonchev–Trinajstić information content (AvgIpc) is 2.98. The van der Waals surface area contributed by atoms with Crippen LogP contribution >= 0.6 is 0 Å². The number of ether oxygens (including phenoxy) is 1. The number of sulfonamides is 1. The molecule has 11 nitrogen and oxygen atoms in total. The molecular formula is C30H35N5O6S. The van der Waals surface area contributed by atoms with Crippen molar-refractivity contribution in [2.75, 3.05) is 19.6 Å². The summed E-state index contributed by atoms with van der Waals surface area (Å²) in [7, 11) is -4.15. The fourth-order valence-corrected chi connectivity index (χ4v) is 5.77. The Morgan fingerprint density at radius 3 is 2.45 bits per heavy atom. The van der Waals surface area contributed by atoms with E-state index >= 15 is 0 Å². The number of nitrogens with one attached hydrogen (secondary N) is 4. The normalized spacial score (nSPS) is 14.0. The molecule has 1 atom stereocenters. The number of aliphatic imine (C=N–C) groups is 1. The fourth-order valence-electron chi connectivity index (χ4n) is 4.36. The highest BCUT2D eigenvalue weighted by molar-refractivity contribution is 7.89. The Kier molecular flexibility index (Phi) is 10.3. The molecule has 0 saturated carbocycles. The Bertz CT molecular complexity index is 1570. The Morgan fingerprint density at radius 1 is 1.00 bits per heavy atom. The number of benzene rings is 3. The topological polar surface area (TPSA) is 155 Å². The second kappa shape index (κ2) is 14.1. The molecular weight excluding hydrogens is 558 g/mol. The Hall–Kier alpha value is -4.29. The molecule has 0 fully saturated rings. The second-order valence-electron chi connectivity index (χ2n) is 10.1. The van der Waals surface area contributed by atoms with Gasteiger partial charge in [-0.05, 0) is 55.8 Å². The van der Waals surface area contributed by atoms with Crippen LogP contribution in [0.25, 0.3) is 10.8 Å². The van der Waals surface area contributed by atoms with E-state index in [1.807, 2.05) is 0 Å². The largest absolute Gasteiger partial charge is 0.462 e. The third-order valence-electron chi connectivity index (χ3n) is 6.45. The van der Waals surface area contributed by atoms with Gasteiger partial charge in [0.2, 0.25) is 15.9 Å². The van der Waals surface area contributed by atoms with Gasteiger partial charge in [0.1, 0.15) is 6.04 Å². The predicted octanol–water partition coefficient (Wildman–Crippen LogP) is 2.27.